The minimum Gasteiger partial charge on any atom is -0.371 e. The van der Waals surface area contributed by atoms with E-state index < -0.39 is 11.7 Å². The van der Waals surface area contributed by atoms with E-state index in [1.165, 1.54) is 6.07 Å². The fourth-order valence-electron chi connectivity index (χ4n) is 2.03. The average Bonchev–Trinajstić information content (AvgIpc) is 2.69. The molecule has 1 aromatic carbocycles. The highest BCUT2D eigenvalue weighted by molar-refractivity contribution is 5.57. The van der Waals surface area contributed by atoms with Gasteiger partial charge in [-0.3, -0.25) is 0 Å². The van der Waals surface area contributed by atoms with Crippen LogP contribution >= 0.6 is 0 Å². The van der Waals surface area contributed by atoms with E-state index in [1.54, 1.807) is 0 Å². The van der Waals surface area contributed by atoms with Crippen molar-refractivity contribution in [3.05, 3.63) is 36.2 Å². The molecule has 4 heteroatoms. The first-order valence-electron chi connectivity index (χ1n) is 5.26. The number of rotatable bonds is 1. The molecule has 0 spiro atoms. The van der Waals surface area contributed by atoms with Crippen molar-refractivity contribution in [1.29, 1.82) is 0 Å². The number of nitrogens with zero attached hydrogens (tertiary/aromatic N) is 1. The van der Waals surface area contributed by atoms with Gasteiger partial charge in [0.15, 0.2) is 0 Å². The second-order valence-electron chi connectivity index (χ2n) is 4.04. The van der Waals surface area contributed by atoms with Crippen molar-refractivity contribution >= 4 is 5.69 Å². The van der Waals surface area contributed by atoms with Gasteiger partial charge in [0.1, 0.15) is 0 Å². The zero-order valence-corrected chi connectivity index (χ0v) is 8.85. The third-order valence-corrected chi connectivity index (χ3v) is 2.85. The molecule has 16 heavy (non-hydrogen) atoms. The summed E-state index contributed by atoms with van der Waals surface area (Å²) in [7, 11) is 0. The zero-order chi connectivity index (χ0) is 11.8. The fraction of sp³-hybridized carbons (Fsp3) is 0.417. The van der Waals surface area contributed by atoms with Gasteiger partial charge in [-0.15, -0.1) is 0 Å². The maximum atomic E-state index is 12.4. The van der Waals surface area contributed by atoms with Crippen LogP contribution in [0.2, 0.25) is 0 Å². The third-order valence-electron chi connectivity index (χ3n) is 2.85. The van der Waals surface area contributed by atoms with Crippen molar-refractivity contribution in [3.63, 3.8) is 0 Å². The molecule has 0 N–H and O–H groups in total. The lowest BCUT2D eigenvalue weighted by molar-refractivity contribution is -0.137. The Morgan fingerprint density at radius 1 is 1.12 bits per heavy atom. The van der Waals surface area contributed by atoms with E-state index in [1.807, 2.05) is 0 Å². The lowest BCUT2D eigenvalue weighted by atomic mass is 10.1. The molecule has 1 heterocycles. The number of benzene rings is 1. The van der Waals surface area contributed by atoms with E-state index in [4.69, 9.17) is 0 Å². The topological polar surface area (TPSA) is 3.24 Å². The van der Waals surface area contributed by atoms with Crippen LogP contribution in [0.15, 0.2) is 18.2 Å². The molecule has 0 aliphatic carbocycles. The summed E-state index contributed by atoms with van der Waals surface area (Å²) in [5, 5.41) is 0. The normalized spacial score (nSPS) is 16.9. The molecule has 2 rings (SSSR count). The van der Waals surface area contributed by atoms with Crippen LogP contribution in [0.5, 0.6) is 0 Å². The van der Waals surface area contributed by atoms with Gasteiger partial charge in [0.2, 0.25) is 0 Å². The molecular weight excluding hydrogens is 215 g/mol. The van der Waals surface area contributed by atoms with Gasteiger partial charge in [-0.05, 0) is 43.5 Å². The van der Waals surface area contributed by atoms with Crippen LogP contribution in [0.25, 0.3) is 0 Å². The minimum atomic E-state index is -4.28. The van der Waals surface area contributed by atoms with Crippen molar-refractivity contribution in [2.24, 2.45) is 0 Å². The van der Waals surface area contributed by atoms with E-state index >= 15 is 0 Å². The molecule has 87 valence electrons. The third kappa shape index (κ3) is 2.15. The average molecular weight is 228 g/mol. The monoisotopic (exact) mass is 228 g/mol. The van der Waals surface area contributed by atoms with E-state index in [2.05, 4.69) is 11.8 Å². The predicted octanol–water partition coefficient (Wildman–Crippen LogP) is 3.49. The molecule has 1 aliphatic rings. The summed E-state index contributed by atoms with van der Waals surface area (Å²) in [5.74, 6) is 0. The van der Waals surface area contributed by atoms with Crippen molar-refractivity contribution in [1.82, 2.24) is 0 Å². The lowest BCUT2D eigenvalue weighted by Crippen LogP contribution is -2.19. The van der Waals surface area contributed by atoms with Gasteiger partial charge in [-0.25, -0.2) is 0 Å². The smallest absolute Gasteiger partial charge is 0.371 e. The standard InChI is InChI=1S/C12H13F3N/c1-9-8-10(12(13,14)15)4-5-11(9)16-6-2-3-7-16/h4-5,8H,1-3,6-7H2. The molecule has 0 amide bonds. The highest BCUT2D eigenvalue weighted by Gasteiger charge is 2.31. The first kappa shape index (κ1) is 11.3. The number of hydrogen-bond acceptors (Lipinski definition) is 1. The van der Waals surface area contributed by atoms with Gasteiger partial charge >= 0.3 is 6.18 Å². The first-order chi connectivity index (χ1) is 7.48. The second-order valence-corrected chi connectivity index (χ2v) is 4.04. The molecule has 1 nitrogen and oxygen atoms in total. The Morgan fingerprint density at radius 2 is 1.75 bits per heavy atom. The molecule has 1 saturated heterocycles. The number of hydrogen-bond donors (Lipinski definition) is 0. The van der Waals surface area contributed by atoms with Crippen molar-refractivity contribution < 1.29 is 13.2 Å². The Labute approximate surface area is 92.9 Å². The molecule has 0 saturated carbocycles. The summed E-state index contributed by atoms with van der Waals surface area (Å²) in [6.45, 7) is 5.52. The van der Waals surface area contributed by atoms with Gasteiger partial charge in [0, 0.05) is 18.8 Å². The highest BCUT2D eigenvalue weighted by Crippen LogP contribution is 2.33. The molecule has 1 aliphatic heterocycles. The molecular formula is C12H13F3N. The molecule has 1 radical (unpaired) electrons. The fourth-order valence-corrected chi connectivity index (χ4v) is 2.03. The molecule has 0 bridgehead atoms. The first-order valence-corrected chi connectivity index (χ1v) is 5.26. The molecule has 1 fully saturated rings. The van der Waals surface area contributed by atoms with Gasteiger partial charge in [0.25, 0.3) is 0 Å². The summed E-state index contributed by atoms with van der Waals surface area (Å²) in [6.07, 6.45) is -2.09. The maximum Gasteiger partial charge on any atom is 0.416 e. The summed E-state index contributed by atoms with van der Waals surface area (Å²) in [6, 6.07) is 3.77. The van der Waals surface area contributed by atoms with Gasteiger partial charge in [-0.1, -0.05) is 0 Å². The summed E-state index contributed by atoms with van der Waals surface area (Å²) < 4.78 is 37.3. The van der Waals surface area contributed by atoms with Crippen molar-refractivity contribution in [2.45, 2.75) is 19.0 Å². The Bertz CT molecular complexity index is 378. The van der Waals surface area contributed by atoms with Crippen LogP contribution in [0.3, 0.4) is 0 Å². The Balaban J connectivity index is 2.29. The minimum absolute atomic E-state index is 0.455. The molecule has 0 atom stereocenters. The van der Waals surface area contributed by atoms with Crippen LogP contribution in [0, 0.1) is 6.92 Å². The van der Waals surface area contributed by atoms with Gasteiger partial charge in [-0.2, -0.15) is 13.2 Å². The van der Waals surface area contributed by atoms with Gasteiger partial charge < -0.3 is 4.90 Å². The second kappa shape index (κ2) is 4.00. The van der Waals surface area contributed by atoms with Crippen LogP contribution in [-0.4, -0.2) is 13.1 Å². The Kier molecular flexibility index (Phi) is 2.82. The SMILES string of the molecule is [CH2]c1cc(C(F)(F)F)ccc1N1CCCC1. The largest absolute Gasteiger partial charge is 0.416 e. The van der Waals surface area contributed by atoms with Crippen molar-refractivity contribution in [2.75, 3.05) is 18.0 Å². The van der Waals surface area contributed by atoms with E-state index in [0.29, 0.717) is 5.56 Å². The quantitative estimate of drug-likeness (QED) is 0.711. The Hall–Kier alpha value is -1.19. The van der Waals surface area contributed by atoms with E-state index in [0.717, 1.165) is 43.8 Å². The lowest BCUT2D eigenvalue weighted by Gasteiger charge is -2.21. The molecule has 0 unspecified atom stereocenters. The number of alkyl halides is 3. The van der Waals surface area contributed by atoms with Crippen LogP contribution in [0.4, 0.5) is 18.9 Å². The number of anilines is 1. The van der Waals surface area contributed by atoms with Crippen molar-refractivity contribution in [3.8, 4) is 0 Å². The highest BCUT2D eigenvalue weighted by atomic mass is 19.4. The van der Waals surface area contributed by atoms with E-state index in [9.17, 15) is 13.2 Å². The molecule has 0 aromatic heterocycles. The number of halogens is 3. The van der Waals surface area contributed by atoms with Crippen LogP contribution in [0.1, 0.15) is 24.0 Å². The summed E-state index contributed by atoms with van der Waals surface area (Å²) in [4.78, 5) is 2.09. The Morgan fingerprint density at radius 3 is 2.25 bits per heavy atom. The zero-order valence-electron chi connectivity index (χ0n) is 8.85. The predicted molar refractivity (Wildman–Crippen MR) is 57.4 cm³/mol. The van der Waals surface area contributed by atoms with E-state index in [-0.39, 0.29) is 0 Å². The molecule has 1 aromatic rings. The summed E-state index contributed by atoms with van der Waals surface area (Å²) in [5.41, 5.74) is 0.655. The van der Waals surface area contributed by atoms with Crippen LogP contribution < -0.4 is 4.90 Å². The van der Waals surface area contributed by atoms with Gasteiger partial charge in [0.05, 0.1) is 5.56 Å². The maximum absolute atomic E-state index is 12.4. The van der Waals surface area contributed by atoms with Crippen LogP contribution in [-0.2, 0) is 6.18 Å². The summed E-state index contributed by atoms with van der Waals surface area (Å²) >= 11 is 0.